The van der Waals surface area contributed by atoms with Crippen LogP contribution in [0, 0.1) is 19.7 Å². The van der Waals surface area contributed by atoms with E-state index in [1.165, 1.54) is 15.8 Å². The fourth-order valence-electron chi connectivity index (χ4n) is 1.75. The standard InChI is InChI=1S/C13H11BrClFS/c1-7-5-10(8(2)17-7)13(15)9-3-4-11(14)12(16)6-9/h3-6,13H,1-2H3. The lowest BCUT2D eigenvalue weighted by Crippen LogP contribution is -1.94. The minimum absolute atomic E-state index is 0.280. The predicted molar refractivity (Wildman–Crippen MR) is 75.6 cm³/mol. The van der Waals surface area contributed by atoms with E-state index in [2.05, 4.69) is 22.0 Å². The number of hydrogen-bond acceptors (Lipinski definition) is 1. The van der Waals surface area contributed by atoms with Crippen molar-refractivity contribution in [2.45, 2.75) is 19.2 Å². The molecule has 1 heterocycles. The third-order valence-electron chi connectivity index (χ3n) is 2.59. The second-order valence-corrected chi connectivity index (χ2v) is 6.66. The fraction of sp³-hybridized carbons (Fsp3) is 0.231. The molecule has 2 aromatic rings. The molecule has 0 bridgehead atoms. The van der Waals surface area contributed by atoms with E-state index in [0.717, 1.165) is 11.1 Å². The molecule has 0 spiro atoms. The molecular weight excluding hydrogens is 323 g/mol. The maximum atomic E-state index is 13.5. The van der Waals surface area contributed by atoms with Crippen molar-refractivity contribution >= 4 is 38.9 Å². The van der Waals surface area contributed by atoms with Crippen LogP contribution in [0.4, 0.5) is 4.39 Å². The van der Waals surface area contributed by atoms with Crippen LogP contribution in [-0.2, 0) is 0 Å². The highest BCUT2D eigenvalue weighted by Gasteiger charge is 2.16. The van der Waals surface area contributed by atoms with E-state index in [-0.39, 0.29) is 11.2 Å². The van der Waals surface area contributed by atoms with Crippen LogP contribution in [0.3, 0.4) is 0 Å². The molecule has 1 aromatic carbocycles. The van der Waals surface area contributed by atoms with Gasteiger partial charge in [0.05, 0.1) is 9.85 Å². The number of aryl methyl sites for hydroxylation is 2. The maximum absolute atomic E-state index is 13.5. The van der Waals surface area contributed by atoms with E-state index in [4.69, 9.17) is 11.6 Å². The monoisotopic (exact) mass is 332 g/mol. The molecule has 0 radical (unpaired) electrons. The summed E-state index contributed by atoms with van der Waals surface area (Å²) in [5, 5.41) is -0.289. The lowest BCUT2D eigenvalue weighted by molar-refractivity contribution is 0.619. The smallest absolute Gasteiger partial charge is 0.137 e. The van der Waals surface area contributed by atoms with Crippen LogP contribution in [0.1, 0.15) is 26.3 Å². The van der Waals surface area contributed by atoms with Gasteiger partial charge in [-0.25, -0.2) is 4.39 Å². The molecule has 1 aromatic heterocycles. The first kappa shape index (κ1) is 13.1. The highest BCUT2D eigenvalue weighted by molar-refractivity contribution is 9.10. The van der Waals surface area contributed by atoms with Crippen molar-refractivity contribution in [3.63, 3.8) is 0 Å². The van der Waals surface area contributed by atoms with Gasteiger partial charge in [-0.05, 0) is 59.1 Å². The van der Waals surface area contributed by atoms with Gasteiger partial charge in [0.15, 0.2) is 0 Å². The summed E-state index contributed by atoms with van der Waals surface area (Å²) in [6, 6.07) is 7.08. The van der Waals surface area contributed by atoms with Gasteiger partial charge in [-0.3, -0.25) is 0 Å². The van der Waals surface area contributed by atoms with Crippen molar-refractivity contribution in [3.05, 3.63) is 55.4 Å². The summed E-state index contributed by atoms with van der Waals surface area (Å²) >= 11 is 11.2. The van der Waals surface area contributed by atoms with E-state index in [1.54, 1.807) is 17.4 Å². The molecule has 4 heteroatoms. The molecule has 0 fully saturated rings. The summed E-state index contributed by atoms with van der Waals surface area (Å²) in [6.45, 7) is 4.09. The van der Waals surface area contributed by atoms with E-state index >= 15 is 0 Å². The largest absolute Gasteiger partial charge is 0.206 e. The summed E-state index contributed by atoms with van der Waals surface area (Å²) in [6.07, 6.45) is 0. The maximum Gasteiger partial charge on any atom is 0.137 e. The van der Waals surface area contributed by atoms with Gasteiger partial charge in [-0.2, -0.15) is 0 Å². The normalized spacial score (nSPS) is 12.8. The average Bonchev–Trinajstić information content (AvgIpc) is 2.61. The van der Waals surface area contributed by atoms with Gasteiger partial charge >= 0.3 is 0 Å². The fourth-order valence-corrected chi connectivity index (χ4v) is 3.39. The van der Waals surface area contributed by atoms with Crippen LogP contribution in [-0.4, -0.2) is 0 Å². The summed E-state index contributed by atoms with van der Waals surface area (Å²) in [5.74, 6) is -0.280. The number of benzene rings is 1. The first-order valence-electron chi connectivity index (χ1n) is 5.15. The quantitative estimate of drug-likeness (QED) is 0.628. The van der Waals surface area contributed by atoms with Gasteiger partial charge in [0.2, 0.25) is 0 Å². The Bertz CT molecular complexity index is 550. The van der Waals surface area contributed by atoms with Gasteiger partial charge in [0, 0.05) is 9.75 Å². The van der Waals surface area contributed by atoms with Crippen molar-refractivity contribution < 1.29 is 4.39 Å². The molecule has 1 atom stereocenters. The minimum atomic E-state index is -0.289. The number of halogens is 3. The van der Waals surface area contributed by atoms with Crippen molar-refractivity contribution in [2.75, 3.05) is 0 Å². The van der Waals surface area contributed by atoms with E-state index in [1.807, 2.05) is 19.9 Å². The Morgan fingerprint density at radius 3 is 2.53 bits per heavy atom. The molecule has 0 nitrogen and oxygen atoms in total. The molecule has 0 aliphatic rings. The van der Waals surface area contributed by atoms with Crippen molar-refractivity contribution in [1.29, 1.82) is 0 Å². The minimum Gasteiger partial charge on any atom is -0.206 e. The summed E-state index contributed by atoms with van der Waals surface area (Å²) < 4.78 is 13.9. The first-order chi connectivity index (χ1) is 7.99. The highest BCUT2D eigenvalue weighted by atomic mass is 79.9. The topological polar surface area (TPSA) is 0 Å². The van der Waals surface area contributed by atoms with Crippen LogP contribution < -0.4 is 0 Å². The molecule has 0 aliphatic carbocycles. The molecular formula is C13H11BrClFS. The molecule has 17 heavy (non-hydrogen) atoms. The van der Waals surface area contributed by atoms with E-state index < -0.39 is 0 Å². The van der Waals surface area contributed by atoms with Crippen molar-refractivity contribution in [1.82, 2.24) is 0 Å². The number of alkyl halides is 1. The van der Waals surface area contributed by atoms with Gasteiger partial charge in [0.25, 0.3) is 0 Å². The zero-order valence-electron chi connectivity index (χ0n) is 9.43. The number of rotatable bonds is 2. The molecule has 90 valence electrons. The van der Waals surface area contributed by atoms with Gasteiger partial charge in [-0.15, -0.1) is 22.9 Å². The third-order valence-corrected chi connectivity index (χ3v) is 4.70. The van der Waals surface area contributed by atoms with Crippen LogP contribution in [0.5, 0.6) is 0 Å². The summed E-state index contributed by atoms with van der Waals surface area (Å²) in [7, 11) is 0. The molecule has 0 amide bonds. The SMILES string of the molecule is Cc1cc(C(Cl)c2ccc(Br)c(F)c2)c(C)s1. The molecule has 1 unspecified atom stereocenters. The Kier molecular flexibility index (Phi) is 3.91. The molecule has 2 rings (SSSR count). The Labute approximate surface area is 118 Å². The van der Waals surface area contributed by atoms with Gasteiger partial charge < -0.3 is 0 Å². The summed E-state index contributed by atoms with van der Waals surface area (Å²) in [4.78, 5) is 2.41. The van der Waals surface area contributed by atoms with Crippen LogP contribution in [0.25, 0.3) is 0 Å². The molecule has 0 saturated heterocycles. The predicted octanol–water partition coefficient (Wildman–Crippen LogP) is 5.59. The zero-order valence-corrected chi connectivity index (χ0v) is 12.6. The van der Waals surface area contributed by atoms with E-state index in [9.17, 15) is 4.39 Å². The van der Waals surface area contributed by atoms with Crippen molar-refractivity contribution in [3.8, 4) is 0 Å². The van der Waals surface area contributed by atoms with Crippen LogP contribution in [0.2, 0.25) is 0 Å². The molecule has 0 saturated carbocycles. The molecule has 0 aliphatic heterocycles. The number of thiophene rings is 1. The molecule has 0 N–H and O–H groups in total. The van der Waals surface area contributed by atoms with Crippen LogP contribution in [0.15, 0.2) is 28.7 Å². The lowest BCUT2D eigenvalue weighted by atomic mass is 10.0. The zero-order chi connectivity index (χ0) is 12.6. The number of hydrogen-bond donors (Lipinski definition) is 0. The van der Waals surface area contributed by atoms with Gasteiger partial charge in [-0.1, -0.05) is 6.07 Å². The lowest BCUT2D eigenvalue weighted by Gasteiger charge is -2.10. The Morgan fingerprint density at radius 2 is 2.00 bits per heavy atom. The Hall–Kier alpha value is -0.380. The highest BCUT2D eigenvalue weighted by Crippen LogP contribution is 2.36. The summed E-state index contributed by atoms with van der Waals surface area (Å²) in [5.41, 5.74) is 1.85. The third kappa shape index (κ3) is 2.72. The van der Waals surface area contributed by atoms with Crippen LogP contribution >= 0.6 is 38.9 Å². The van der Waals surface area contributed by atoms with Crippen molar-refractivity contribution in [2.24, 2.45) is 0 Å². The van der Waals surface area contributed by atoms with Gasteiger partial charge in [0.1, 0.15) is 5.82 Å². The second-order valence-electron chi connectivity index (χ2n) is 3.90. The van der Waals surface area contributed by atoms with E-state index in [0.29, 0.717) is 4.47 Å². The average molecular weight is 334 g/mol. The first-order valence-corrected chi connectivity index (χ1v) is 7.19. The Balaban J connectivity index is 2.40. The Morgan fingerprint density at radius 1 is 1.29 bits per heavy atom. The second kappa shape index (κ2) is 5.09.